The smallest absolute Gasteiger partial charge is 0.315 e. The lowest BCUT2D eigenvalue weighted by Crippen LogP contribution is -2.49. The quantitative estimate of drug-likeness (QED) is 0.656. The molecule has 3 N–H and O–H groups in total. The Balaban J connectivity index is 2.39. The fourth-order valence-electron chi connectivity index (χ4n) is 2.28. The van der Waals surface area contributed by atoms with Gasteiger partial charge >= 0.3 is 12.0 Å². The molecule has 0 aliphatic heterocycles. The molecule has 2 amide bonds. The standard InChI is InChI=1S/C12H22N2O5S/c1-2-20(18,19)8-7-13-12(17)14-10-6-4-3-5-9(10)11(15)16/h9-10H,2-8H2,1H3,(H,15,16)(H2,13,14,17). The molecule has 20 heavy (non-hydrogen) atoms. The van der Waals surface area contributed by atoms with Crippen molar-refractivity contribution < 1.29 is 23.1 Å². The third-order valence-corrected chi connectivity index (χ3v) is 5.24. The number of urea groups is 1. The van der Waals surface area contributed by atoms with Gasteiger partial charge in [0.15, 0.2) is 9.84 Å². The normalized spacial score (nSPS) is 23.1. The minimum Gasteiger partial charge on any atom is -0.481 e. The largest absolute Gasteiger partial charge is 0.481 e. The Labute approximate surface area is 119 Å². The second-order valence-electron chi connectivity index (χ2n) is 4.97. The Hall–Kier alpha value is -1.31. The van der Waals surface area contributed by atoms with E-state index in [0.29, 0.717) is 12.8 Å². The third kappa shape index (κ3) is 5.36. The zero-order valence-electron chi connectivity index (χ0n) is 11.6. The maximum atomic E-state index is 11.6. The van der Waals surface area contributed by atoms with Gasteiger partial charge < -0.3 is 15.7 Å². The summed E-state index contributed by atoms with van der Waals surface area (Å²) in [5.74, 6) is -1.53. The van der Waals surface area contributed by atoms with Gasteiger partial charge in [-0.3, -0.25) is 4.79 Å². The van der Waals surface area contributed by atoms with Crippen molar-refractivity contribution in [1.29, 1.82) is 0 Å². The third-order valence-electron chi connectivity index (χ3n) is 3.54. The van der Waals surface area contributed by atoms with E-state index in [-0.39, 0.29) is 24.1 Å². The first-order chi connectivity index (χ1) is 9.35. The number of rotatable bonds is 6. The molecular weight excluding hydrogens is 284 g/mol. The maximum Gasteiger partial charge on any atom is 0.315 e. The van der Waals surface area contributed by atoms with E-state index >= 15 is 0 Å². The Morgan fingerprint density at radius 1 is 1.25 bits per heavy atom. The van der Waals surface area contributed by atoms with Crippen LogP contribution in [0.3, 0.4) is 0 Å². The van der Waals surface area contributed by atoms with Crippen LogP contribution in [-0.2, 0) is 14.6 Å². The molecule has 1 rings (SSSR count). The summed E-state index contributed by atoms with van der Waals surface area (Å²) in [6.07, 6.45) is 2.94. The van der Waals surface area contributed by atoms with Crippen molar-refractivity contribution in [2.45, 2.75) is 38.6 Å². The van der Waals surface area contributed by atoms with Crippen molar-refractivity contribution in [3.05, 3.63) is 0 Å². The van der Waals surface area contributed by atoms with Crippen LogP contribution >= 0.6 is 0 Å². The Kier molecular flexibility index (Phi) is 6.25. The highest BCUT2D eigenvalue weighted by Gasteiger charge is 2.31. The summed E-state index contributed by atoms with van der Waals surface area (Å²) in [7, 11) is -3.11. The van der Waals surface area contributed by atoms with Crippen molar-refractivity contribution in [2.75, 3.05) is 18.1 Å². The Bertz CT molecular complexity index is 449. The van der Waals surface area contributed by atoms with Gasteiger partial charge in [-0.1, -0.05) is 19.8 Å². The highest BCUT2D eigenvalue weighted by atomic mass is 32.2. The second-order valence-corrected chi connectivity index (χ2v) is 7.45. The number of aliphatic carboxylic acids is 1. The fourth-order valence-corrected chi connectivity index (χ4v) is 2.98. The summed E-state index contributed by atoms with van der Waals surface area (Å²) >= 11 is 0. The number of nitrogens with one attached hydrogen (secondary N) is 2. The first-order valence-electron chi connectivity index (χ1n) is 6.83. The number of hydrogen-bond donors (Lipinski definition) is 3. The lowest BCUT2D eigenvalue weighted by molar-refractivity contribution is -0.143. The van der Waals surface area contributed by atoms with E-state index in [4.69, 9.17) is 5.11 Å². The molecule has 2 atom stereocenters. The molecule has 0 aromatic carbocycles. The minimum atomic E-state index is -3.11. The fraction of sp³-hybridized carbons (Fsp3) is 0.833. The lowest BCUT2D eigenvalue weighted by atomic mass is 9.84. The van der Waals surface area contributed by atoms with E-state index in [0.717, 1.165) is 12.8 Å². The lowest BCUT2D eigenvalue weighted by Gasteiger charge is -2.29. The molecule has 0 heterocycles. The number of carboxylic acid groups (broad SMARTS) is 1. The number of carbonyl (C=O) groups is 2. The van der Waals surface area contributed by atoms with Gasteiger partial charge in [0.1, 0.15) is 0 Å². The van der Waals surface area contributed by atoms with Gasteiger partial charge in [-0.05, 0) is 12.8 Å². The minimum absolute atomic E-state index is 0.0342. The maximum absolute atomic E-state index is 11.6. The van der Waals surface area contributed by atoms with Crippen molar-refractivity contribution in [2.24, 2.45) is 5.92 Å². The number of amides is 2. The van der Waals surface area contributed by atoms with Gasteiger partial charge in [-0.2, -0.15) is 0 Å². The summed E-state index contributed by atoms with van der Waals surface area (Å²) in [6.45, 7) is 1.58. The van der Waals surface area contributed by atoms with Gasteiger partial charge in [0.2, 0.25) is 0 Å². The van der Waals surface area contributed by atoms with Gasteiger partial charge in [0.25, 0.3) is 0 Å². The Morgan fingerprint density at radius 3 is 2.50 bits per heavy atom. The molecule has 0 radical (unpaired) electrons. The monoisotopic (exact) mass is 306 g/mol. The van der Waals surface area contributed by atoms with Crippen LogP contribution in [0.5, 0.6) is 0 Å². The molecule has 0 aromatic heterocycles. The van der Waals surface area contributed by atoms with Crippen molar-refractivity contribution in [3.63, 3.8) is 0 Å². The van der Waals surface area contributed by atoms with Crippen LogP contribution in [0.2, 0.25) is 0 Å². The average Bonchev–Trinajstić information content (AvgIpc) is 2.39. The summed E-state index contributed by atoms with van der Waals surface area (Å²) in [4.78, 5) is 22.7. The first kappa shape index (κ1) is 16.7. The predicted molar refractivity (Wildman–Crippen MR) is 74.2 cm³/mol. The van der Waals surface area contributed by atoms with E-state index in [1.165, 1.54) is 0 Å². The van der Waals surface area contributed by atoms with E-state index in [1.807, 2.05) is 0 Å². The van der Waals surface area contributed by atoms with Crippen molar-refractivity contribution >= 4 is 21.8 Å². The predicted octanol–water partition coefficient (Wildman–Crippen LogP) is 0.364. The topological polar surface area (TPSA) is 113 Å². The van der Waals surface area contributed by atoms with E-state index < -0.39 is 27.8 Å². The van der Waals surface area contributed by atoms with Crippen LogP contribution in [0.15, 0.2) is 0 Å². The van der Waals surface area contributed by atoms with Gasteiger partial charge in [0, 0.05) is 18.3 Å². The van der Waals surface area contributed by atoms with Crippen LogP contribution < -0.4 is 10.6 Å². The molecule has 1 saturated carbocycles. The van der Waals surface area contributed by atoms with E-state index in [9.17, 15) is 18.0 Å². The van der Waals surface area contributed by atoms with E-state index in [1.54, 1.807) is 6.92 Å². The summed E-state index contributed by atoms with van der Waals surface area (Å²) in [5, 5.41) is 14.2. The van der Waals surface area contributed by atoms with Crippen LogP contribution in [0.25, 0.3) is 0 Å². The average molecular weight is 306 g/mol. The molecule has 116 valence electrons. The zero-order chi connectivity index (χ0) is 15.2. The molecule has 1 aliphatic carbocycles. The van der Waals surface area contributed by atoms with Crippen LogP contribution in [0.4, 0.5) is 4.79 Å². The van der Waals surface area contributed by atoms with Gasteiger partial charge in [0.05, 0.1) is 11.7 Å². The first-order valence-corrected chi connectivity index (χ1v) is 8.65. The Morgan fingerprint density at radius 2 is 1.90 bits per heavy atom. The van der Waals surface area contributed by atoms with Crippen LogP contribution in [0.1, 0.15) is 32.6 Å². The van der Waals surface area contributed by atoms with Crippen molar-refractivity contribution in [3.8, 4) is 0 Å². The van der Waals surface area contributed by atoms with Crippen LogP contribution in [-0.4, -0.2) is 49.6 Å². The highest BCUT2D eigenvalue weighted by molar-refractivity contribution is 7.91. The molecule has 2 unspecified atom stereocenters. The number of sulfone groups is 1. The SMILES string of the molecule is CCS(=O)(=O)CCNC(=O)NC1CCCCC1C(=O)O. The number of hydrogen-bond acceptors (Lipinski definition) is 4. The molecule has 1 fully saturated rings. The molecule has 0 bridgehead atoms. The second kappa shape index (κ2) is 7.47. The zero-order valence-corrected chi connectivity index (χ0v) is 12.4. The molecule has 0 aromatic rings. The highest BCUT2D eigenvalue weighted by Crippen LogP contribution is 2.24. The van der Waals surface area contributed by atoms with Gasteiger partial charge in [-0.25, -0.2) is 13.2 Å². The molecule has 0 saturated heterocycles. The molecule has 7 nitrogen and oxygen atoms in total. The van der Waals surface area contributed by atoms with E-state index in [2.05, 4.69) is 10.6 Å². The number of carboxylic acids is 1. The van der Waals surface area contributed by atoms with Gasteiger partial charge in [-0.15, -0.1) is 0 Å². The molecule has 1 aliphatic rings. The molecular formula is C12H22N2O5S. The molecule has 0 spiro atoms. The number of carbonyl (C=O) groups excluding carboxylic acids is 1. The van der Waals surface area contributed by atoms with Crippen LogP contribution in [0, 0.1) is 5.92 Å². The summed E-state index contributed by atoms with van der Waals surface area (Å²) < 4.78 is 22.5. The summed E-state index contributed by atoms with van der Waals surface area (Å²) in [5.41, 5.74) is 0. The van der Waals surface area contributed by atoms with Crippen molar-refractivity contribution in [1.82, 2.24) is 10.6 Å². The molecule has 8 heteroatoms. The summed E-state index contributed by atoms with van der Waals surface area (Å²) in [6, 6.07) is -0.890.